The summed E-state index contributed by atoms with van der Waals surface area (Å²) >= 11 is 12.8. The number of ether oxygens (including phenoxy) is 2. The van der Waals surface area contributed by atoms with E-state index in [1.165, 1.54) is 44.4 Å². The maximum atomic E-state index is 14.1. The number of benzene rings is 3. The van der Waals surface area contributed by atoms with Gasteiger partial charge < -0.3 is 19.7 Å². The van der Waals surface area contributed by atoms with Crippen molar-refractivity contribution in [3.63, 3.8) is 0 Å². The third-order valence-electron chi connectivity index (χ3n) is 6.52. The van der Waals surface area contributed by atoms with Crippen molar-refractivity contribution in [2.75, 3.05) is 32.1 Å². The fourth-order valence-electron chi connectivity index (χ4n) is 4.37. The zero-order chi connectivity index (χ0) is 30.5. The molecule has 220 valence electrons. The molecule has 12 heteroatoms. The van der Waals surface area contributed by atoms with Crippen molar-refractivity contribution < 1.29 is 27.5 Å². The first-order valence-corrected chi connectivity index (χ1v) is 14.8. The van der Waals surface area contributed by atoms with Crippen LogP contribution in [0.1, 0.15) is 23.6 Å². The van der Waals surface area contributed by atoms with Gasteiger partial charge in [-0.3, -0.25) is 13.9 Å². The summed E-state index contributed by atoms with van der Waals surface area (Å²) in [6.07, 6.45) is 0. The quantitative estimate of drug-likeness (QED) is 0.323. The van der Waals surface area contributed by atoms with E-state index < -0.39 is 34.4 Å². The van der Waals surface area contributed by atoms with Gasteiger partial charge in [-0.25, -0.2) is 8.42 Å². The molecule has 0 heterocycles. The first-order chi connectivity index (χ1) is 19.3. The number of carbonyl (C=O) groups excluding carboxylic acids is 2. The van der Waals surface area contributed by atoms with E-state index >= 15 is 0 Å². The molecule has 41 heavy (non-hydrogen) atoms. The molecule has 3 aromatic rings. The number of methoxy groups -OCH3 is 2. The molecule has 0 aliphatic carbocycles. The minimum atomic E-state index is -4.32. The summed E-state index contributed by atoms with van der Waals surface area (Å²) in [5, 5.41) is 3.16. The van der Waals surface area contributed by atoms with Crippen LogP contribution in [0.4, 0.5) is 5.69 Å². The predicted molar refractivity (Wildman–Crippen MR) is 161 cm³/mol. The van der Waals surface area contributed by atoms with E-state index in [1.807, 2.05) is 19.9 Å². The SMILES string of the molecule is CNC(=O)[C@H](C)N(Cc1c(Cl)cccc1Cl)C(=O)CN(c1cc(C)cc(C)c1)S(=O)(=O)c1ccc(OC)c(OC)c1. The Hall–Kier alpha value is -3.47. The molecule has 2 amide bonds. The van der Waals surface area contributed by atoms with Crippen LogP contribution in [0.25, 0.3) is 0 Å². The molecule has 0 aliphatic heterocycles. The van der Waals surface area contributed by atoms with Gasteiger partial charge in [0.25, 0.3) is 10.0 Å². The van der Waals surface area contributed by atoms with E-state index in [1.54, 1.807) is 37.3 Å². The zero-order valence-electron chi connectivity index (χ0n) is 23.7. The Kier molecular flexibility index (Phi) is 10.5. The predicted octanol–water partition coefficient (Wildman–Crippen LogP) is 4.99. The molecule has 1 N–H and O–H groups in total. The van der Waals surface area contributed by atoms with Crippen LogP contribution >= 0.6 is 23.2 Å². The summed E-state index contributed by atoms with van der Waals surface area (Å²) in [4.78, 5) is 27.8. The maximum absolute atomic E-state index is 14.1. The summed E-state index contributed by atoms with van der Waals surface area (Å²) in [7, 11) is -0.0206. The van der Waals surface area contributed by atoms with Crippen LogP contribution in [0.15, 0.2) is 59.5 Å². The lowest BCUT2D eigenvalue weighted by molar-refractivity contribution is -0.139. The summed E-state index contributed by atoms with van der Waals surface area (Å²) in [6.45, 7) is 4.48. The summed E-state index contributed by atoms with van der Waals surface area (Å²) < 4.78 is 39.9. The van der Waals surface area contributed by atoms with Crippen molar-refractivity contribution in [1.82, 2.24) is 10.2 Å². The smallest absolute Gasteiger partial charge is 0.264 e. The Morgan fingerprint density at radius 2 is 1.51 bits per heavy atom. The first-order valence-electron chi connectivity index (χ1n) is 12.6. The molecule has 3 rings (SSSR count). The number of hydrogen-bond acceptors (Lipinski definition) is 6. The minimum absolute atomic E-state index is 0.109. The second-order valence-corrected chi connectivity index (χ2v) is 12.1. The van der Waals surface area contributed by atoms with Crippen molar-refractivity contribution in [2.45, 2.75) is 38.3 Å². The molecule has 0 unspecified atom stereocenters. The highest BCUT2D eigenvalue weighted by molar-refractivity contribution is 7.92. The third-order valence-corrected chi connectivity index (χ3v) is 9.00. The lowest BCUT2D eigenvalue weighted by Crippen LogP contribution is -2.50. The molecule has 0 aromatic heterocycles. The van der Waals surface area contributed by atoms with Gasteiger partial charge in [-0.05, 0) is 68.3 Å². The number of sulfonamides is 1. The normalized spacial score (nSPS) is 11.9. The van der Waals surface area contributed by atoms with Crippen LogP contribution in [0.3, 0.4) is 0 Å². The first kappa shape index (κ1) is 32.0. The molecule has 1 atom stereocenters. The van der Waals surface area contributed by atoms with E-state index in [4.69, 9.17) is 32.7 Å². The average molecular weight is 623 g/mol. The van der Waals surface area contributed by atoms with Crippen LogP contribution in [-0.4, -0.2) is 59.0 Å². The highest BCUT2D eigenvalue weighted by Crippen LogP contribution is 2.33. The highest BCUT2D eigenvalue weighted by atomic mass is 35.5. The van der Waals surface area contributed by atoms with Gasteiger partial charge >= 0.3 is 0 Å². The van der Waals surface area contributed by atoms with Gasteiger partial charge in [-0.15, -0.1) is 0 Å². The van der Waals surface area contributed by atoms with Crippen LogP contribution in [-0.2, 0) is 26.2 Å². The molecule has 0 aliphatic rings. The standard InChI is InChI=1S/C29H33Cl2N3O6S/c1-18-12-19(2)14-21(13-18)34(41(37,38)22-10-11-26(39-5)27(15-22)40-6)17-28(35)33(20(3)29(36)32-4)16-23-24(30)8-7-9-25(23)31/h7-15,20H,16-17H2,1-6H3,(H,32,36)/t20-/m0/s1. The molecular weight excluding hydrogens is 589 g/mol. The zero-order valence-corrected chi connectivity index (χ0v) is 26.0. The van der Waals surface area contributed by atoms with Crippen molar-refractivity contribution >= 4 is 50.7 Å². The number of anilines is 1. The maximum Gasteiger partial charge on any atom is 0.264 e. The molecule has 0 saturated carbocycles. The van der Waals surface area contributed by atoms with Gasteiger partial charge in [0.05, 0.1) is 24.8 Å². The molecule has 3 aromatic carbocycles. The Bertz CT molecular complexity index is 1510. The van der Waals surface area contributed by atoms with Gasteiger partial charge in [-0.2, -0.15) is 0 Å². The number of amides is 2. The number of carbonyl (C=O) groups is 2. The van der Waals surface area contributed by atoms with Gasteiger partial charge in [0.15, 0.2) is 11.5 Å². The molecule has 0 saturated heterocycles. The number of nitrogens with zero attached hydrogens (tertiary/aromatic N) is 2. The average Bonchev–Trinajstić information content (AvgIpc) is 2.93. The summed E-state index contributed by atoms with van der Waals surface area (Å²) in [6, 6.07) is 13.4. The molecule has 9 nitrogen and oxygen atoms in total. The molecular formula is C29H33Cl2N3O6S. The van der Waals surface area contributed by atoms with E-state index in [0.29, 0.717) is 21.4 Å². The number of halogens is 2. The second-order valence-electron chi connectivity index (χ2n) is 9.39. The molecule has 0 fully saturated rings. The largest absolute Gasteiger partial charge is 0.493 e. The fourth-order valence-corrected chi connectivity index (χ4v) is 6.30. The van der Waals surface area contributed by atoms with E-state index in [2.05, 4.69) is 5.32 Å². The summed E-state index contributed by atoms with van der Waals surface area (Å²) in [5.74, 6) is -0.520. The minimum Gasteiger partial charge on any atom is -0.493 e. The molecule has 0 bridgehead atoms. The Morgan fingerprint density at radius 1 is 0.927 bits per heavy atom. The van der Waals surface area contributed by atoms with Crippen molar-refractivity contribution in [1.29, 1.82) is 0 Å². The monoisotopic (exact) mass is 621 g/mol. The van der Waals surface area contributed by atoms with Gasteiger partial charge in [0.1, 0.15) is 12.6 Å². The number of rotatable bonds is 11. The van der Waals surface area contributed by atoms with Crippen LogP contribution < -0.4 is 19.1 Å². The van der Waals surface area contributed by atoms with Crippen LogP contribution in [0.2, 0.25) is 10.0 Å². The van der Waals surface area contributed by atoms with Gasteiger partial charge in [-0.1, -0.05) is 35.3 Å². The number of nitrogens with one attached hydrogen (secondary N) is 1. The lowest BCUT2D eigenvalue weighted by Gasteiger charge is -2.32. The summed E-state index contributed by atoms with van der Waals surface area (Å²) in [5.41, 5.74) is 2.33. The molecule has 0 spiro atoms. The number of aryl methyl sites for hydroxylation is 2. The molecule has 0 radical (unpaired) electrons. The van der Waals surface area contributed by atoms with Crippen LogP contribution in [0, 0.1) is 13.8 Å². The highest BCUT2D eigenvalue weighted by Gasteiger charge is 2.33. The van der Waals surface area contributed by atoms with Crippen LogP contribution in [0.5, 0.6) is 11.5 Å². The van der Waals surface area contributed by atoms with Gasteiger partial charge in [0.2, 0.25) is 11.8 Å². The number of hydrogen-bond donors (Lipinski definition) is 1. The lowest BCUT2D eigenvalue weighted by atomic mass is 10.1. The van der Waals surface area contributed by atoms with Gasteiger partial charge in [0, 0.05) is 35.3 Å². The fraction of sp³-hybridized carbons (Fsp3) is 0.310. The second kappa shape index (κ2) is 13.5. The Balaban J connectivity index is 2.14. The van der Waals surface area contributed by atoms with Crippen molar-refractivity contribution in [3.05, 3.63) is 81.3 Å². The Morgan fingerprint density at radius 3 is 2.05 bits per heavy atom. The topological polar surface area (TPSA) is 105 Å². The van der Waals surface area contributed by atoms with E-state index in [0.717, 1.165) is 15.4 Å². The number of likely N-dealkylation sites (N-methyl/N-ethyl adjacent to an activating group) is 1. The third kappa shape index (κ3) is 7.25. The van der Waals surface area contributed by atoms with Crippen molar-refractivity contribution in [3.8, 4) is 11.5 Å². The van der Waals surface area contributed by atoms with E-state index in [-0.39, 0.29) is 22.9 Å². The van der Waals surface area contributed by atoms with Crippen molar-refractivity contribution in [2.24, 2.45) is 0 Å². The Labute approximate surface area is 251 Å². The van der Waals surface area contributed by atoms with E-state index in [9.17, 15) is 18.0 Å².